The van der Waals surface area contributed by atoms with Crippen molar-refractivity contribution in [3.05, 3.63) is 35.4 Å². The fourth-order valence-corrected chi connectivity index (χ4v) is 1.93. The molecule has 1 saturated heterocycles. The highest BCUT2D eigenvalue weighted by Crippen LogP contribution is 2.25. The van der Waals surface area contributed by atoms with Crippen LogP contribution in [0.5, 0.6) is 0 Å². The van der Waals surface area contributed by atoms with Crippen LogP contribution < -0.4 is 5.73 Å². The lowest BCUT2D eigenvalue weighted by Crippen LogP contribution is -2.15. The molecule has 0 aliphatic carbocycles. The van der Waals surface area contributed by atoms with Crippen molar-refractivity contribution in [3.63, 3.8) is 0 Å². The molecular formula is C12H17NO. The fraction of sp³-hybridized carbons (Fsp3) is 0.500. The van der Waals surface area contributed by atoms with E-state index in [0.717, 1.165) is 13.2 Å². The molecule has 1 aliphatic heterocycles. The second kappa shape index (κ2) is 4.58. The first-order chi connectivity index (χ1) is 6.90. The third-order valence-electron chi connectivity index (χ3n) is 2.85. The molecule has 1 aliphatic rings. The third-order valence-corrected chi connectivity index (χ3v) is 2.85. The minimum atomic E-state index is 0.593. The van der Waals surface area contributed by atoms with E-state index in [1.165, 1.54) is 24.0 Å². The van der Waals surface area contributed by atoms with Gasteiger partial charge in [-0.05, 0) is 24.0 Å². The molecule has 1 aromatic carbocycles. The topological polar surface area (TPSA) is 35.2 Å². The van der Waals surface area contributed by atoms with Crippen molar-refractivity contribution in [2.75, 3.05) is 13.2 Å². The monoisotopic (exact) mass is 191 g/mol. The van der Waals surface area contributed by atoms with Crippen molar-refractivity contribution >= 4 is 0 Å². The number of ether oxygens (including phenoxy) is 1. The summed E-state index contributed by atoms with van der Waals surface area (Å²) in [5.41, 5.74) is 8.14. The van der Waals surface area contributed by atoms with Gasteiger partial charge in [-0.1, -0.05) is 24.3 Å². The summed E-state index contributed by atoms with van der Waals surface area (Å²) in [5.74, 6) is 0.593. The molecule has 2 nitrogen and oxygen atoms in total. The molecule has 1 heterocycles. The van der Waals surface area contributed by atoms with E-state index in [1.54, 1.807) is 0 Å². The van der Waals surface area contributed by atoms with E-state index >= 15 is 0 Å². The van der Waals surface area contributed by atoms with Crippen LogP contribution in [-0.4, -0.2) is 13.2 Å². The summed E-state index contributed by atoms with van der Waals surface area (Å²) in [6, 6.07) is 8.59. The maximum absolute atomic E-state index is 5.55. The van der Waals surface area contributed by atoms with Gasteiger partial charge in [0.05, 0.1) is 6.61 Å². The molecule has 2 N–H and O–H groups in total. The number of rotatable bonds is 2. The van der Waals surface area contributed by atoms with Crippen LogP contribution in [0.25, 0.3) is 0 Å². The summed E-state index contributed by atoms with van der Waals surface area (Å²) < 4.78 is 5.47. The first-order valence-corrected chi connectivity index (χ1v) is 5.27. The lowest BCUT2D eigenvalue weighted by Gasteiger charge is -2.22. The van der Waals surface area contributed by atoms with Gasteiger partial charge in [-0.2, -0.15) is 0 Å². The molecule has 0 saturated carbocycles. The van der Waals surface area contributed by atoms with Crippen molar-refractivity contribution in [1.29, 1.82) is 0 Å². The van der Waals surface area contributed by atoms with Crippen LogP contribution in [0.15, 0.2) is 24.3 Å². The first kappa shape index (κ1) is 9.69. The van der Waals surface area contributed by atoms with Gasteiger partial charge in [0.25, 0.3) is 0 Å². The van der Waals surface area contributed by atoms with Crippen LogP contribution in [-0.2, 0) is 11.3 Å². The number of hydrogen-bond acceptors (Lipinski definition) is 2. The number of hydrogen-bond donors (Lipinski definition) is 1. The summed E-state index contributed by atoms with van der Waals surface area (Å²) in [6.45, 7) is 2.43. The molecule has 1 atom stereocenters. The Balaban J connectivity index is 2.07. The molecule has 2 rings (SSSR count). The predicted octanol–water partition coefficient (Wildman–Crippen LogP) is 2.04. The van der Waals surface area contributed by atoms with Crippen molar-refractivity contribution in [1.82, 2.24) is 0 Å². The SMILES string of the molecule is NCc1ccc(C2CCCOC2)cc1. The zero-order chi connectivity index (χ0) is 9.80. The maximum Gasteiger partial charge on any atom is 0.0534 e. The van der Waals surface area contributed by atoms with Crippen LogP contribution in [0, 0.1) is 0 Å². The van der Waals surface area contributed by atoms with Gasteiger partial charge < -0.3 is 10.5 Å². The van der Waals surface area contributed by atoms with E-state index < -0.39 is 0 Å². The molecule has 0 spiro atoms. The third kappa shape index (κ3) is 2.14. The highest BCUT2D eigenvalue weighted by Gasteiger charge is 2.15. The normalized spacial score (nSPS) is 22.2. The van der Waals surface area contributed by atoms with Crippen LogP contribution in [0.2, 0.25) is 0 Å². The summed E-state index contributed by atoms with van der Waals surface area (Å²) in [4.78, 5) is 0. The van der Waals surface area contributed by atoms with Gasteiger partial charge in [0.2, 0.25) is 0 Å². The second-order valence-corrected chi connectivity index (χ2v) is 3.86. The summed E-state index contributed by atoms with van der Waals surface area (Å²) in [6.07, 6.45) is 2.44. The van der Waals surface area contributed by atoms with E-state index in [2.05, 4.69) is 24.3 Å². The average Bonchev–Trinajstić information content (AvgIpc) is 2.30. The highest BCUT2D eigenvalue weighted by molar-refractivity contribution is 5.25. The Hall–Kier alpha value is -0.860. The zero-order valence-corrected chi connectivity index (χ0v) is 8.41. The molecule has 0 amide bonds. The highest BCUT2D eigenvalue weighted by atomic mass is 16.5. The Morgan fingerprint density at radius 1 is 1.29 bits per heavy atom. The van der Waals surface area contributed by atoms with Crippen LogP contribution in [0.4, 0.5) is 0 Å². The minimum absolute atomic E-state index is 0.593. The van der Waals surface area contributed by atoms with Gasteiger partial charge in [-0.3, -0.25) is 0 Å². The van der Waals surface area contributed by atoms with Gasteiger partial charge in [-0.15, -0.1) is 0 Å². The molecule has 0 radical (unpaired) electrons. The Morgan fingerprint density at radius 2 is 2.07 bits per heavy atom. The summed E-state index contributed by atoms with van der Waals surface area (Å²) in [7, 11) is 0. The van der Waals surface area contributed by atoms with E-state index in [9.17, 15) is 0 Å². The van der Waals surface area contributed by atoms with E-state index in [4.69, 9.17) is 10.5 Å². The van der Waals surface area contributed by atoms with Crippen LogP contribution in [0.3, 0.4) is 0 Å². The molecule has 0 bridgehead atoms. The molecule has 0 aromatic heterocycles. The van der Waals surface area contributed by atoms with Gasteiger partial charge in [0.1, 0.15) is 0 Å². The molecule has 2 heteroatoms. The smallest absolute Gasteiger partial charge is 0.0534 e. The van der Waals surface area contributed by atoms with Gasteiger partial charge in [-0.25, -0.2) is 0 Å². The molecule has 1 fully saturated rings. The first-order valence-electron chi connectivity index (χ1n) is 5.27. The zero-order valence-electron chi connectivity index (χ0n) is 8.41. The Kier molecular flexibility index (Phi) is 3.17. The lowest BCUT2D eigenvalue weighted by molar-refractivity contribution is 0.0804. The second-order valence-electron chi connectivity index (χ2n) is 3.86. The summed E-state index contributed by atoms with van der Waals surface area (Å²) >= 11 is 0. The number of benzene rings is 1. The van der Waals surface area contributed by atoms with Gasteiger partial charge >= 0.3 is 0 Å². The van der Waals surface area contributed by atoms with Crippen molar-refractivity contribution in [3.8, 4) is 0 Å². The lowest BCUT2D eigenvalue weighted by atomic mass is 9.93. The van der Waals surface area contributed by atoms with E-state index in [0.29, 0.717) is 12.5 Å². The summed E-state index contributed by atoms with van der Waals surface area (Å²) in [5, 5.41) is 0. The Bertz CT molecular complexity index is 275. The molecule has 1 aromatic rings. The van der Waals surface area contributed by atoms with E-state index in [-0.39, 0.29) is 0 Å². The fourth-order valence-electron chi connectivity index (χ4n) is 1.93. The van der Waals surface area contributed by atoms with Crippen LogP contribution >= 0.6 is 0 Å². The predicted molar refractivity (Wildman–Crippen MR) is 57.1 cm³/mol. The average molecular weight is 191 g/mol. The molecule has 76 valence electrons. The maximum atomic E-state index is 5.55. The standard InChI is InChI=1S/C12H17NO/c13-8-10-3-5-11(6-4-10)12-2-1-7-14-9-12/h3-6,12H,1-2,7-9,13H2. The quantitative estimate of drug-likeness (QED) is 0.776. The Morgan fingerprint density at radius 3 is 2.64 bits per heavy atom. The van der Waals surface area contributed by atoms with Crippen molar-refractivity contribution in [2.24, 2.45) is 5.73 Å². The van der Waals surface area contributed by atoms with Gasteiger partial charge in [0, 0.05) is 19.1 Å². The van der Waals surface area contributed by atoms with Crippen molar-refractivity contribution < 1.29 is 4.74 Å². The molecule has 14 heavy (non-hydrogen) atoms. The van der Waals surface area contributed by atoms with Gasteiger partial charge in [0.15, 0.2) is 0 Å². The van der Waals surface area contributed by atoms with E-state index in [1.807, 2.05) is 0 Å². The molecule has 1 unspecified atom stereocenters. The van der Waals surface area contributed by atoms with Crippen molar-refractivity contribution in [2.45, 2.75) is 25.3 Å². The minimum Gasteiger partial charge on any atom is -0.381 e. The van der Waals surface area contributed by atoms with Crippen LogP contribution in [0.1, 0.15) is 29.9 Å². The Labute approximate surface area is 85.1 Å². The molecular weight excluding hydrogens is 174 g/mol. The number of nitrogens with two attached hydrogens (primary N) is 1. The largest absolute Gasteiger partial charge is 0.381 e.